The van der Waals surface area contributed by atoms with Crippen LogP contribution in [0.25, 0.3) is 10.8 Å². The molecule has 1 aromatic heterocycles. The number of fused-ring (bicyclic) bond motifs is 1. The molecule has 0 aliphatic heterocycles. The second-order valence-corrected chi connectivity index (χ2v) is 6.83. The summed E-state index contributed by atoms with van der Waals surface area (Å²) in [5.41, 5.74) is 0.509. The molecule has 0 saturated carbocycles. The predicted octanol–water partition coefficient (Wildman–Crippen LogP) is 1.93. The number of nitrogen functional groups attached to an aromatic ring is 1. The van der Waals surface area contributed by atoms with Gasteiger partial charge in [-0.1, -0.05) is 48.2 Å². The Hall–Kier alpha value is -2.87. The van der Waals surface area contributed by atoms with E-state index in [4.69, 9.17) is 5.84 Å². The molecule has 25 heavy (non-hydrogen) atoms. The van der Waals surface area contributed by atoms with Gasteiger partial charge in [0.2, 0.25) is 11.1 Å². The van der Waals surface area contributed by atoms with Crippen molar-refractivity contribution in [3.05, 3.63) is 58.5 Å². The van der Waals surface area contributed by atoms with E-state index >= 15 is 0 Å². The number of nitrogens with zero attached hydrogens (tertiary/aromatic N) is 3. The third-order valence-electron chi connectivity index (χ3n) is 3.72. The van der Waals surface area contributed by atoms with Crippen LogP contribution in [-0.2, 0) is 4.79 Å². The number of nitrogens with two attached hydrogens (primary N) is 1. The van der Waals surface area contributed by atoms with Gasteiger partial charge < -0.3 is 11.2 Å². The van der Waals surface area contributed by atoms with Crippen LogP contribution in [0.15, 0.2) is 52.4 Å². The van der Waals surface area contributed by atoms with Gasteiger partial charge in [-0.15, -0.1) is 10.2 Å². The predicted molar refractivity (Wildman–Crippen MR) is 99.1 cm³/mol. The number of aromatic nitrogens is 3. The van der Waals surface area contributed by atoms with Gasteiger partial charge in [-0.05, 0) is 25.3 Å². The van der Waals surface area contributed by atoms with Crippen molar-refractivity contribution in [2.45, 2.75) is 24.3 Å². The monoisotopic (exact) mass is 355 g/mol. The average Bonchev–Trinajstić information content (AvgIpc) is 2.62. The lowest BCUT2D eigenvalue weighted by atomic mass is 10.1. The SMILES string of the molecule is Cc1nnc(S[C@@H](C)C(=O)Nc2cccc3ccccc23)n(N)c1=O. The summed E-state index contributed by atoms with van der Waals surface area (Å²) < 4.78 is 0.911. The van der Waals surface area contributed by atoms with Gasteiger partial charge in [0.15, 0.2) is 0 Å². The van der Waals surface area contributed by atoms with Crippen molar-refractivity contribution in [1.29, 1.82) is 0 Å². The summed E-state index contributed by atoms with van der Waals surface area (Å²) in [5, 5.41) is 12.2. The lowest BCUT2D eigenvalue weighted by molar-refractivity contribution is -0.115. The molecule has 0 fully saturated rings. The van der Waals surface area contributed by atoms with E-state index in [1.165, 1.54) is 6.92 Å². The molecule has 3 rings (SSSR count). The highest BCUT2D eigenvalue weighted by atomic mass is 32.2. The molecular weight excluding hydrogens is 338 g/mol. The molecule has 0 radical (unpaired) electrons. The van der Waals surface area contributed by atoms with Crippen LogP contribution in [0, 0.1) is 6.92 Å². The quantitative estimate of drug-likeness (QED) is 0.548. The first-order valence-corrected chi connectivity index (χ1v) is 8.52. The Morgan fingerprint density at radius 1 is 1.20 bits per heavy atom. The van der Waals surface area contributed by atoms with Gasteiger partial charge >= 0.3 is 0 Å². The smallest absolute Gasteiger partial charge is 0.294 e. The first-order chi connectivity index (χ1) is 12.0. The Balaban J connectivity index is 1.79. The fourth-order valence-electron chi connectivity index (χ4n) is 2.33. The van der Waals surface area contributed by atoms with Crippen LogP contribution < -0.4 is 16.7 Å². The van der Waals surface area contributed by atoms with E-state index < -0.39 is 10.8 Å². The summed E-state index contributed by atoms with van der Waals surface area (Å²) in [6.07, 6.45) is 0. The molecule has 7 nitrogen and oxygen atoms in total. The Morgan fingerprint density at radius 3 is 2.72 bits per heavy atom. The molecule has 0 bridgehead atoms. The first kappa shape index (κ1) is 17.0. The third kappa shape index (κ3) is 3.48. The molecule has 0 aliphatic carbocycles. The van der Waals surface area contributed by atoms with E-state index in [0.29, 0.717) is 0 Å². The largest absolute Gasteiger partial charge is 0.334 e. The number of carbonyl (C=O) groups excluding carboxylic acids is 1. The van der Waals surface area contributed by atoms with Crippen molar-refractivity contribution < 1.29 is 4.79 Å². The van der Waals surface area contributed by atoms with E-state index in [2.05, 4.69) is 15.5 Å². The lowest BCUT2D eigenvalue weighted by Gasteiger charge is -2.14. The fraction of sp³-hybridized carbons (Fsp3) is 0.176. The minimum Gasteiger partial charge on any atom is -0.334 e. The average molecular weight is 355 g/mol. The van der Waals surface area contributed by atoms with Crippen LogP contribution in [0.5, 0.6) is 0 Å². The summed E-state index contributed by atoms with van der Waals surface area (Å²) in [7, 11) is 0. The maximum atomic E-state index is 12.5. The Labute approximate surface area is 148 Å². The van der Waals surface area contributed by atoms with E-state index in [1.54, 1.807) is 6.92 Å². The lowest BCUT2D eigenvalue weighted by Crippen LogP contribution is -2.33. The van der Waals surface area contributed by atoms with Crippen molar-refractivity contribution in [3.63, 3.8) is 0 Å². The molecule has 1 heterocycles. The van der Waals surface area contributed by atoms with Crippen LogP contribution in [0.1, 0.15) is 12.6 Å². The molecule has 3 N–H and O–H groups in total. The maximum absolute atomic E-state index is 12.5. The van der Waals surface area contributed by atoms with E-state index in [-0.39, 0.29) is 16.8 Å². The number of carbonyl (C=O) groups is 1. The number of nitrogens with one attached hydrogen (secondary N) is 1. The molecule has 2 aromatic carbocycles. The second-order valence-electron chi connectivity index (χ2n) is 5.52. The molecule has 0 saturated heterocycles. The molecule has 1 amide bonds. The Bertz CT molecular complexity index is 996. The molecule has 0 spiro atoms. The first-order valence-electron chi connectivity index (χ1n) is 7.64. The highest BCUT2D eigenvalue weighted by molar-refractivity contribution is 8.00. The van der Waals surface area contributed by atoms with Gasteiger partial charge in [0.1, 0.15) is 5.69 Å². The van der Waals surface area contributed by atoms with Crippen molar-refractivity contribution in [2.24, 2.45) is 0 Å². The summed E-state index contributed by atoms with van der Waals surface area (Å²) in [4.78, 5) is 24.3. The molecule has 128 valence electrons. The number of rotatable bonds is 4. The molecular formula is C17H17N5O2S. The van der Waals surface area contributed by atoms with Crippen molar-refractivity contribution >= 4 is 34.1 Å². The summed E-state index contributed by atoms with van der Waals surface area (Å²) >= 11 is 1.08. The number of hydrogen-bond acceptors (Lipinski definition) is 6. The molecule has 1 atom stereocenters. The minimum absolute atomic E-state index is 0.191. The topological polar surface area (TPSA) is 103 Å². The normalized spacial score (nSPS) is 12.1. The number of aryl methyl sites for hydroxylation is 1. The van der Waals surface area contributed by atoms with Gasteiger partial charge in [0.25, 0.3) is 5.56 Å². The fourth-order valence-corrected chi connectivity index (χ4v) is 3.10. The highest BCUT2D eigenvalue weighted by Crippen LogP contribution is 2.25. The second kappa shape index (κ2) is 6.94. The molecule has 0 aliphatic rings. The van der Waals surface area contributed by atoms with Crippen LogP contribution in [0.4, 0.5) is 5.69 Å². The number of benzene rings is 2. The Kier molecular flexibility index (Phi) is 4.71. The zero-order valence-corrected chi connectivity index (χ0v) is 14.6. The maximum Gasteiger partial charge on any atom is 0.294 e. The van der Waals surface area contributed by atoms with Gasteiger partial charge in [-0.25, -0.2) is 0 Å². The van der Waals surface area contributed by atoms with Gasteiger partial charge in [0.05, 0.1) is 5.25 Å². The minimum atomic E-state index is -0.509. The third-order valence-corrected chi connectivity index (χ3v) is 4.78. The van der Waals surface area contributed by atoms with Crippen LogP contribution in [0.3, 0.4) is 0 Å². The van der Waals surface area contributed by atoms with Crippen LogP contribution >= 0.6 is 11.8 Å². The van der Waals surface area contributed by atoms with Gasteiger partial charge in [-0.3, -0.25) is 9.59 Å². The Morgan fingerprint density at radius 2 is 1.92 bits per heavy atom. The zero-order chi connectivity index (χ0) is 18.0. The van der Waals surface area contributed by atoms with Crippen molar-refractivity contribution in [2.75, 3.05) is 11.2 Å². The number of thioether (sulfide) groups is 1. The standard InChI is InChI=1S/C17H17N5O2S/c1-10-16(24)22(18)17(21-20-10)25-11(2)15(23)19-14-9-5-7-12-6-3-4-8-13(12)14/h3-9,11H,18H2,1-2H3,(H,19,23)/t11-/m0/s1. The van der Waals surface area contributed by atoms with E-state index in [9.17, 15) is 9.59 Å². The van der Waals surface area contributed by atoms with Gasteiger partial charge in [0, 0.05) is 11.1 Å². The number of hydrogen-bond donors (Lipinski definition) is 2. The number of anilines is 1. The zero-order valence-electron chi connectivity index (χ0n) is 13.8. The molecule has 8 heteroatoms. The van der Waals surface area contributed by atoms with Gasteiger partial charge in [-0.2, -0.15) is 4.68 Å². The summed E-state index contributed by atoms with van der Waals surface area (Å²) in [6, 6.07) is 13.5. The highest BCUT2D eigenvalue weighted by Gasteiger charge is 2.19. The summed E-state index contributed by atoms with van der Waals surface area (Å²) in [5.74, 6) is 5.50. The van der Waals surface area contributed by atoms with Crippen LogP contribution in [-0.4, -0.2) is 26.0 Å². The number of amides is 1. The molecule has 0 unspecified atom stereocenters. The van der Waals surface area contributed by atoms with Crippen LogP contribution in [0.2, 0.25) is 0 Å². The summed E-state index contributed by atoms with van der Waals surface area (Å²) in [6.45, 7) is 3.25. The van der Waals surface area contributed by atoms with Crippen molar-refractivity contribution in [3.8, 4) is 0 Å². The van der Waals surface area contributed by atoms with E-state index in [0.717, 1.165) is 32.9 Å². The van der Waals surface area contributed by atoms with Crippen molar-refractivity contribution in [1.82, 2.24) is 14.9 Å². The molecule has 3 aromatic rings. The van der Waals surface area contributed by atoms with E-state index in [1.807, 2.05) is 42.5 Å².